The number of pyridine rings is 2. The van der Waals surface area contributed by atoms with Crippen LogP contribution in [0.15, 0.2) is 35.4 Å². The first-order valence-corrected chi connectivity index (χ1v) is 4.69. The fraction of sp³-hybridized carbons (Fsp3) is 0.273. The summed E-state index contributed by atoms with van der Waals surface area (Å²) in [5.74, 6) is 0. The van der Waals surface area contributed by atoms with E-state index in [2.05, 4.69) is 4.98 Å². The SMILES string of the molecule is CC.Cn1ccc2cccnc2c1=O. The Hall–Kier alpha value is -1.64. The summed E-state index contributed by atoms with van der Waals surface area (Å²) in [6.45, 7) is 4.00. The van der Waals surface area contributed by atoms with Crippen LogP contribution in [0.5, 0.6) is 0 Å². The predicted molar refractivity (Wildman–Crippen MR) is 58.3 cm³/mol. The van der Waals surface area contributed by atoms with Crippen LogP contribution in [0.2, 0.25) is 0 Å². The van der Waals surface area contributed by atoms with Crippen LogP contribution < -0.4 is 5.56 Å². The van der Waals surface area contributed by atoms with E-state index in [4.69, 9.17) is 0 Å². The lowest BCUT2D eigenvalue weighted by Gasteiger charge is -1.98. The summed E-state index contributed by atoms with van der Waals surface area (Å²) in [5.41, 5.74) is 0.482. The Morgan fingerprint density at radius 2 is 2.00 bits per heavy atom. The summed E-state index contributed by atoms with van der Waals surface area (Å²) in [6.07, 6.45) is 3.37. The highest BCUT2D eigenvalue weighted by molar-refractivity contribution is 5.76. The molecular weight excluding hydrogens is 176 g/mol. The minimum atomic E-state index is -0.0481. The molecule has 0 fully saturated rings. The summed E-state index contributed by atoms with van der Waals surface area (Å²) in [7, 11) is 1.72. The van der Waals surface area contributed by atoms with Crippen molar-refractivity contribution in [3.63, 3.8) is 0 Å². The number of nitrogens with zero attached hydrogens (tertiary/aromatic N) is 2. The number of aromatic nitrogens is 2. The van der Waals surface area contributed by atoms with E-state index in [1.165, 1.54) is 4.57 Å². The number of hydrogen-bond donors (Lipinski definition) is 0. The molecule has 0 amide bonds. The van der Waals surface area contributed by atoms with Crippen molar-refractivity contribution < 1.29 is 0 Å². The maximum atomic E-state index is 11.4. The number of fused-ring (bicyclic) bond motifs is 1. The molecule has 0 bridgehead atoms. The molecule has 74 valence electrons. The van der Waals surface area contributed by atoms with Gasteiger partial charge in [0.05, 0.1) is 0 Å². The first-order chi connectivity index (χ1) is 6.79. The van der Waals surface area contributed by atoms with Crippen LogP contribution in [0, 0.1) is 0 Å². The molecule has 0 spiro atoms. The third-order valence-corrected chi connectivity index (χ3v) is 1.84. The Labute approximate surface area is 83.0 Å². The van der Waals surface area contributed by atoms with Crippen LogP contribution in [0.1, 0.15) is 13.8 Å². The van der Waals surface area contributed by atoms with Crippen molar-refractivity contribution in [2.24, 2.45) is 7.05 Å². The third kappa shape index (κ3) is 1.82. The first-order valence-electron chi connectivity index (χ1n) is 4.69. The number of aryl methyl sites for hydroxylation is 1. The van der Waals surface area contributed by atoms with Gasteiger partial charge in [-0.15, -0.1) is 0 Å². The van der Waals surface area contributed by atoms with Gasteiger partial charge in [-0.05, 0) is 12.1 Å². The van der Waals surface area contributed by atoms with E-state index >= 15 is 0 Å². The van der Waals surface area contributed by atoms with Crippen molar-refractivity contribution in [3.8, 4) is 0 Å². The standard InChI is InChI=1S/C9H8N2O.C2H6/c1-11-6-4-7-3-2-5-10-8(7)9(11)12;1-2/h2-6H,1H3;1-2H3. The normalized spacial score (nSPS) is 9.36. The van der Waals surface area contributed by atoms with Crippen molar-refractivity contribution in [2.75, 3.05) is 0 Å². The molecule has 0 atom stereocenters. The van der Waals surface area contributed by atoms with Crippen LogP contribution in [-0.4, -0.2) is 9.55 Å². The minimum absolute atomic E-state index is 0.0481. The van der Waals surface area contributed by atoms with Crippen LogP contribution in [0.25, 0.3) is 10.9 Å². The lowest BCUT2D eigenvalue weighted by Crippen LogP contribution is -2.16. The number of rotatable bonds is 0. The predicted octanol–water partition coefficient (Wildman–Crippen LogP) is 1.96. The molecule has 2 heterocycles. The van der Waals surface area contributed by atoms with Gasteiger partial charge in [0.1, 0.15) is 5.52 Å². The van der Waals surface area contributed by atoms with E-state index in [0.717, 1.165) is 5.39 Å². The van der Waals surface area contributed by atoms with E-state index in [-0.39, 0.29) is 5.56 Å². The average molecular weight is 190 g/mol. The fourth-order valence-electron chi connectivity index (χ4n) is 1.16. The van der Waals surface area contributed by atoms with Gasteiger partial charge >= 0.3 is 0 Å². The van der Waals surface area contributed by atoms with Gasteiger partial charge in [-0.1, -0.05) is 19.9 Å². The van der Waals surface area contributed by atoms with Gasteiger partial charge in [-0.3, -0.25) is 9.78 Å². The summed E-state index contributed by atoms with van der Waals surface area (Å²) in [6, 6.07) is 5.58. The average Bonchev–Trinajstić information content (AvgIpc) is 2.27. The maximum Gasteiger partial charge on any atom is 0.276 e. The van der Waals surface area contributed by atoms with Crippen molar-refractivity contribution in [3.05, 3.63) is 40.9 Å². The quantitative estimate of drug-likeness (QED) is 0.636. The first kappa shape index (κ1) is 10.4. The molecule has 0 radical (unpaired) electrons. The van der Waals surface area contributed by atoms with Gasteiger partial charge in [0.25, 0.3) is 5.56 Å². The molecular formula is C11H14N2O. The molecule has 0 aliphatic heterocycles. The van der Waals surface area contributed by atoms with Crippen LogP contribution in [-0.2, 0) is 7.05 Å². The summed E-state index contributed by atoms with van der Waals surface area (Å²) in [4.78, 5) is 15.4. The Balaban J connectivity index is 0.000000461. The Morgan fingerprint density at radius 3 is 2.71 bits per heavy atom. The molecule has 2 aromatic rings. The highest BCUT2D eigenvalue weighted by atomic mass is 16.1. The van der Waals surface area contributed by atoms with Crippen LogP contribution in [0.3, 0.4) is 0 Å². The van der Waals surface area contributed by atoms with Gasteiger partial charge in [0.2, 0.25) is 0 Å². The minimum Gasteiger partial charge on any atom is -0.317 e. The van der Waals surface area contributed by atoms with E-state index in [9.17, 15) is 4.79 Å². The second-order valence-corrected chi connectivity index (χ2v) is 2.67. The molecule has 3 nitrogen and oxygen atoms in total. The molecule has 0 aliphatic carbocycles. The van der Waals surface area contributed by atoms with E-state index in [1.54, 1.807) is 19.4 Å². The van der Waals surface area contributed by atoms with E-state index < -0.39 is 0 Å². The van der Waals surface area contributed by atoms with Crippen molar-refractivity contribution in [2.45, 2.75) is 13.8 Å². The molecule has 0 unspecified atom stereocenters. The van der Waals surface area contributed by atoms with Gasteiger partial charge in [-0.25, -0.2) is 0 Å². The van der Waals surface area contributed by atoms with Crippen molar-refractivity contribution in [1.82, 2.24) is 9.55 Å². The van der Waals surface area contributed by atoms with Crippen molar-refractivity contribution in [1.29, 1.82) is 0 Å². The molecule has 0 N–H and O–H groups in total. The lowest BCUT2D eigenvalue weighted by atomic mass is 10.3. The van der Waals surface area contributed by atoms with Crippen molar-refractivity contribution >= 4 is 10.9 Å². The van der Waals surface area contributed by atoms with Gasteiger partial charge in [0.15, 0.2) is 0 Å². The summed E-state index contributed by atoms with van der Waals surface area (Å²) >= 11 is 0. The highest BCUT2D eigenvalue weighted by Gasteiger charge is 1.98. The zero-order valence-corrected chi connectivity index (χ0v) is 8.69. The molecule has 2 aromatic heterocycles. The van der Waals surface area contributed by atoms with E-state index in [0.29, 0.717) is 5.52 Å². The summed E-state index contributed by atoms with van der Waals surface area (Å²) < 4.78 is 1.52. The molecule has 0 aromatic carbocycles. The fourth-order valence-corrected chi connectivity index (χ4v) is 1.16. The molecule has 2 rings (SSSR count). The Bertz CT molecular complexity index is 474. The second-order valence-electron chi connectivity index (χ2n) is 2.67. The van der Waals surface area contributed by atoms with E-state index in [1.807, 2.05) is 32.0 Å². The topological polar surface area (TPSA) is 34.9 Å². The third-order valence-electron chi connectivity index (χ3n) is 1.84. The molecule has 14 heavy (non-hydrogen) atoms. The van der Waals surface area contributed by atoms with Gasteiger partial charge in [-0.2, -0.15) is 0 Å². The number of hydrogen-bond acceptors (Lipinski definition) is 2. The van der Waals surface area contributed by atoms with Crippen LogP contribution in [0.4, 0.5) is 0 Å². The largest absolute Gasteiger partial charge is 0.317 e. The smallest absolute Gasteiger partial charge is 0.276 e. The maximum absolute atomic E-state index is 11.4. The van der Waals surface area contributed by atoms with Gasteiger partial charge in [0, 0.05) is 24.8 Å². The second kappa shape index (κ2) is 4.56. The molecule has 0 aliphatic rings. The summed E-state index contributed by atoms with van der Waals surface area (Å²) in [5, 5.41) is 0.889. The molecule has 0 saturated heterocycles. The van der Waals surface area contributed by atoms with Crippen LogP contribution >= 0.6 is 0 Å². The monoisotopic (exact) mass is 190 g/mol. The molecule has 0 saturated carbocycles. The zero-order chi connectivity index (χ0) is 10.6. The lowest BCUT2D eigenvalue weighted by molar-refractivity contribution is 0.869. The highest BCUT2D eigenvalue weighted by Crippen LogP contribution is 2.03. The molecule has 3 heteroatoms. The zero-order valence-electron chi connectivity index (χ0n) is 8.69. The Morgan fingerprint density at radius 1 is 1.29 bits per heavy atom. The van der Waals surface area contributed by atoms with Gasteiger partial charge < -0.3 is 4.57 Å². The Kier molecular flexibility index (Phi) is 3.40.